The number of nitrogens with zero attached hydrogens (tertiary/aromatic N) is 2. The van der Waals surface area contributed by atoms with E-state index < -0.39 is 0 Å². The van der Waals surface area contributed by atoms with Crippen molar-refractivity contribution in [1.29, 1.82) is 5.26 Å². The van der Waals surface area contributed by atoms with Gasteiger partial charge in [0.15, 0.2) is 0 Å². The van der Waals surface area contributed by atoms with E-state index in [4.69, 9.17) is 5.26 Å². The van der Waals surface area contributed by atoms with Crippen LogP contribution in [0.2, 0.25) is 0 Å². The first-order chi connectivity index (χ1) is 7.15. The van der Waals surface area contributed by atoms with E-state index in [0.29, 0.717) is 31.3 Å². The van der Waals surface area contributed by atoms with Crippen molar-refractivity contribution in [2.45, 2.75) is 52.0 Å². The van der Waals surface area contributed by atoms with Gasteiger partial charge in [-0.3, -0.25) is 4.79 Å². The average Bonchev–Trinajstić information content (AvgIpc) is 2.99. The van der Waals surface area contributed by atoms with Crippen LogP contribution in [-0.2, 0) is 4.79 Å². The second kappa shape index (κ2) is 5.75. The Balaban J connectivity index is 2.34. The third-order valence-corrected chi connectivity index (χ3v) is 2.71. The fourth-order valence-corrected chi connectivity index (χ4v) is 1.62. The van der Waals surface area contributed by atoms with Crippen LogP contribution in [0.4, 0.5) is 0 Å². The molecular weight excluding hydrogens is 188 g/mol. The molecule has 0 unspecified atom stereocenters. The third kappa shape index (κ3) is 4.33. The van der Waals surface area contributed by atoms with Gasteiger partial charge in [0.2, 0.25) is 5.91 Å². The summed E-state index contributed by atoms with van der Waals surface area (Å²) >= 11 is 0. The van der Waals surface area contributed by atoms with E-state index in [9.17, 15) is 4.79 Å². The largest absolute Gasteiger partial charge is 0.339 e. The second-order valence-corrected chi connectivity index (χ2v) is 4.66. The fourth-order valence-electron chi connectivity index (χ4n) is 1.62. The fraction of sp³-hybridized carbons (Fsp3) is 0.833. The minimum Gasteiger partial charge on any atom is -0.339 e. The van der Waals surface area contributed by atoms with Gasteiger partial charge in [-0.25, -0.2) is 0 Å². The summed E-state index contributed by atoms with van der Waals surface area (Å²) in [6, 6.07) is 2.55. The molecule has 1 amide bonds. The number of carbonyl (C=O) groups excluding carboxylic acids is 1. The Bertz CT molecular complexity index is 251. The molecule has 0 saturated heterocycles. The van der Waals surface area contributed by atoms with E-state index >= 15 is 0 Å². The van der Waals surface area contributed by atoms with Gasteiger partial charge in [0.25, 0.3) is 0 Å². The van der Waals surface area contributed by atoms with Crippen molar-refractivity contribution in [3.8, 4) is 6.07 Å². The van der Waals surface area contributed by atoms with E-state index in [-0.39, 0.29) is 5.91 Å². The molecule has 0 atom stereocenters. The van der Waals surface area contributed by atoms with Gasteiger partial charge in [-0.15, -0.1) is 0 Å². The average molecular weight is 208 g/mol. The molecule has 0 aromatic carbocycles. The van der Waals surface area contributed by atoms with E-state index in [1.54, 1.807) is 0 Å². The summed E-state index contributed by atoms with van der Waals surface area (Å²) in [5.41, 5.74) is 0. The molecule has 84 valence electrons. The standard InChI is InChI=1S/C12H20N2O/c1-10(2)4-7-12(15)14(9-3-8-13)11-5-6-11/h10-11H,3-7,9H2,1-2H3. The van der Waals surface area contributed by atoms with Crippen molar-refractivity contribution in [1.82, 2.24) is 4.90 Å². The first kappa shape index (κ1) is 12.0. The van der Waals surface area contributed by atoms with Crippen LogP contribution in [0.5, 0.6) is 0 Å². The molecule has 0 aliphatic heterocycles. The molecule has 0 aromatic rings. The summed E-state index contributed by atoms with van der Waals surface area (Å²) in [7, 11) is 0. The topological polar surface area (TPSA) is 44.1 Å². The molecular formula is C12H20N2O. The molecule has 1 rings (SSSR count). The van der Waals surface area contributed by atoms with E-state index in [0.717, 1.165) is 19.3 Å². The minimum atomic E-state index is 0.237. The Kier molecular flexibility index (Phi) is 4.61. The Morgan fingerprint density at radius 1 is 1.53 bits per heavy atom. The molecule has 1 fully saturated rings. The Labute approximate surface area is 92.1 Å². The Morgan fingerprint density at radius 3 is 2.67 bits per heavy atom. The number of carbonyl (C=O) groups is 1. The van der Waals surface area contributed by atoms with Crippen molar-refractivity contribution < 1.29 is 4.79 Å². The zero-order valence-electron chi connectivity index (χ0n) is 9.70. The van der Waals surface area contributed by atoms with Crippen LogP contribution in [0.25, 0.3) is 0 Å². The molecule has 3 nitrogen and oxygen atoms in total. The smallest absolute Gasteiger partial charge is 0.222 e. The SMILES string of the molecule is CC(C)CCC(=O)N(CCC#N)C1CC1. The van der Waals surface area contributed by atoms with Crippen molar-refractivity contribution in [2.75, 3.05) is 6.54 Å². The summed E-state index contributed by atoms with van der Waals surface area (Å²) in [6.45, 7) is 4.88. The molecule has 0 radical (unpaired) electrons. The molecule has 15 heavy (non-hydrogen) atoms. The van der Waals surface area contributed by atoms with E-state index in [1.165, 1.54) is 0 Å². The zero-order valence-corrected chi connectivity index (χ0v) is 9.70. The predicted octanol–water partition coefficient (Wildman–Crippen LogP) is 2.33. The highest BCUT2D eigenvalue weighted by Gasteiger charge is 2.31. The van der Waals surface area contributed by atoms with Gasteiger partial charge in [-0.1, -0.05) is 13.8 Å². The van der Waals surface area contributed by atoms with Crippen LogP contribution < -0.4 is 0 Å². The molecule has 1 aliphatic rings. The lowest BCUT2D eigenvalue weighted by atomic mass is 10.1. The quantitative estimate of drug-likeness (QED) is 0.672. The molecule has 0 spiro atoms. The normalized spacial score (nSPS) is 15.1. The highest BCUT2D eigenvalue weighted by Crippen LogP contribution is 2.27. The number of hydrogen-bond acceptors (Lipinski definition) is 2. The van der Waals surface area contributed by atoms with Crippen LogP contribution >= 0.6 is 0 Å². The molecule has 3 heteroatoms. The molecule has 0 aromatic heterocycles. The second-order valence-electron chi connectivity index (χ2n) is 4.66. The Morgan fingerprint density at radius 2 is 2.20 bits per heavy atom. The highest BCUT2D eigenvalue weighted by atomic mass is 16.2. The Hall–Kier alpha value is -1.04. The monoisotopic (exact) mass is 208 g/mol. The maximum atomic E-state index is 11.9. The summed E-state index contributed by atoms with van der Waals surface area (Å²) < 4.78 is 0. The predicted molar refractivity (Wildman–Crippen MR) is 59.0 cm³/mol. The van der Waals surface area contributed by atoms with Crippen LogP contribution in [-0.4, -0.2) is 23.4 Å². The first-order valence-corrected chi connectivity index (χ1v) is 5.81. The molecule has 0 bridgehead atoms. The van der Waals surface area contributed by atoms with Crippen molar-refractivity contribution in [3.63, 3.8) is 0 Å². The third-order valence-electron chi connectivity index (χ3n) is 2.71. The number of nitriles is 1. The molecule has 1 aliphatic carbocycles. The summed E-state index contributed by atoms with van der Waals surface area (Å²) in [4.78, 5) is 13.8. The van der Waals surface area contributed by atoms with Gasteiger partial charge >= 0.3 is 0 Å². The summed E-state index contributed by atoms with van der Waals surface area (Å²) in [6.07, 6.45) is 4.30. The number of rotatable bonds is 6. The van der Waals surface area contributed by atoms with Crippen molar-refractivity contribution >= 4 is 5.91 Å². The maximum Gasteiger partial charge on any atom is 0.222 e. The molecule has 1 saturated carbocycles. The van der Waals surface area contributed by atoms with Gasteiger partial charge in [-0.05, 0) is 25.2 Å². The lowest BCUT2D eigenvalue weighted by molar-refractivity contribution is -0.132. The van der Waals surface area contributed by atoms with Gasteiger partial charge in [0.05, 0.1) is 12.5 Å². The maximum absolute atomic E-state index is 11.9. The highest BCUT2D eigenvalue weighted by molar-refractivity contribution is 5.76. The minimum absolute atomic E-state index is 0.237. The van der Waals surface area contributed by atoms with Crippen molar-refractivity contribution in [3.05, 3.63) is 0 Å². The van der Waals surface area contributed by atoms with Gasteiger partial charge in [0, 0.05) is 19.0 Å². The van der Waals surface area contributed by atoms with E-state index in [1.807, 2.05) is 4.90 Å². The van der Waals surface area contributed by atoms with Crippen LogP contribution in [0.3, 0.4) is 0 Å². The van der Waals surface area contributed by atoms with Crippen LogP contribution in [0.15, 0.2) is 0 Å². The lowest BCUT2D eigenvalue weighted by Crippen LogP contribution is -2.33. The summed E-state index contributed by atoms with van der Waals surface area (Å²) in [5.74, 6) is 0.812. The molecule has 0 heterocycles. The number of amides is 1. The van der Waals surface area contributed by atoms with Gasteiger partial charge < -0.3 is 4.90 Å². The summed E-state index contributed by atoms with van der Waals surface area (Å²) in [5, 5.41) is 8.53. The lowest BCUT2D eigenvalue weighted by Gasteiger charge is -2.21. The zero-order chi connectivity index (χ0) is 11.3. The van der Waals surface area contributed by atoms with E-state index in [2.05, 4.69) is 19.9 Å². The van der Waals surface area contributed by atoms with Gasteiger partial charge in [0.1, 0.15) is 0 Å². The van der Waals surface area contributed by atoms with Gasteiger partial charge in [-0.2, -0.15) is 5.26 Å². The van der Waals surface area contributed by atoms with Crippen LogP contribution in [0.1, 0.15) is 46.0 Å². The molecule has 0 N–H and O–H groups in total. The van der Waals surface area contributed by atoms with Crippen molar-refractivity contribution in [2.24, 2.45) is 5.92 Å². The first-order valence-electron chi connectivity index (χ1n) is 5.81. The number of hydrogen-bond donors (Lipinski definition) is 0. The van der Waals surface area contributed by atoms with Crippen LogP contribution in [0, 0.1) is 17.2 Å².